The lowest BCUT2D eigenvalue weighted by atomic mass is 9.63. The highest BCUT2D eigenvalue weighted by atomic mass is 16.5. The van der Waals surface area contributed by atoms with Crippen molar-refractivity contribution >= 4 is 18.0 Å². The fraction of sp³-hybridized carbons (Fsp3) is 0.421. The second-order valence-electron chi connectivity index (χ2n) is 7.32. The number of benzene rings is 1. The molecule has 3 fully saturated rings. The van der Waals surface area contributed by atoms with Crippen LogP contribution >= 0.6 is 0 Å². The number of phenolic OH excluding ortho intramolecular Hbond substituents is 1. The molecule has 1 aromatic rings. The second kappa shape index (κ2) is 4.94. The number of phenols is 1. The number of aromatic hydroxyl groups is 1. The number of carbonyl (C=O) groups excluding carboxylic acids is 2. The van der Waals surface area contributed by atoms with Gasteiger partial charge < -0.3 is 9.84 Å². The summed E-state index contributed by atoms with van der Waals surface area (Å²) in [5.74, 6) is 1.08. The number of carbonyl (C=O) groups is 2. The molecule has 1 saturated heterocycles. The van der Waals surface area contributed by atoms with Crippen LogP contribution in [0.3, 0.4) is 0 Å². The van der Waals surface area contributed by atoms with Gasteiger partial charge in [-0.3, -0.25) is 9.59 Å². The van der Waals surface area contributed by atoms with Gasteiger partial charge in [0.2, 0.25) is 0 Å². The van der Waals surface area contributed by atoms with Crippen LogP contribution in [0, 0.1) is 35.5 Å². The minimum Gasteiger partial charge on any atom is -0.504 e. The van der Waals surface area contributed by atoms with Crippen molar-refractivity contribution in [1.82, 2.24) is 5.01 Å². The van der Waals surface area contributed by atoms with E-state index in [1.807, 2.05) is 0 Å². The molecule has 1 aromatic carbocycles. The lowest BCUT2D eigenvalue weighted by Gasteiger charge is -2.37. The Labute approximate surface area is 144 Å². The van der Waals surface area contributed by atoms with Gasteiger partial charge in [0.15, 0.2) is 11.5 Å². The Kier molecular flexibility index (Phi) is 2.90. The number of imide groups is 1. The van der Waals surface area contributed by atoms with Gasteiger partial charge in [-0.05, 0) is 53.9 Å². The fourth-order valence-corrected chi connectivity index (χ4v) is 4.95. The molecule has 6 atom stereocenters. The summed E-state index contributed by atoms with van der Waals surface area (Å²) in [5, 5.41) is 14.9. The molecule has 1 aliphatic heterocycles. The summed E-state index contributed by atoms with van der Waals surface area (Å²) in [4.78, 5) is 25.6. The number of methoxy groups -OCH3 is 1. The Morgan fingerprint density at radius 3 is 2.40 bits per heavy atom. The Bertz CT molecular complexity index is 810. The first-order valence-electron chi connectivity index (χ1n) is 8.57. The zero-order valence-corrected chi connectivity index (χ0v) is 13.7. The van der Waals surface area contributed by atoms with E-state index in [0.29, 0.717) is 23.1 Å². The molecule has 4 aliphatic carbocycles. The molecule has 2 saturated carbocycles. The molecule has 6 rings (SSSR count). The van der Waals surface area contributed by atoms with Crippen molar-refractivity contribution in [3.05, 3.63) is 35.9 Å². The van der Waals surface area contributed by atoms with E-state index in [1.165, 1.54) is 19.4 Å². The van der Waals surface area contributed by atoms with E-state index >= 15 is 0 Å². The van der Waals surface area contributed by atoms with Crippen molar-refractivity contribution in [1.29, 1.82) is 0 Å². The van der Waals surface area contributed by atoms with Gasteiger partial charge in [-0.15, -0.1) is 0 Å². The van der Waals surface area contributed by atoms with Gasteiger partial charge in [-0.25, -0.2) is 0 Å². The van der Waals surface area contributed by atoms with Crippen LogP contribution in [0.1, 0.15) is 12.0 Å². The van der Waals surface area contributed by atoms with Gasteiger partial charge in [0.1, 0.15) is 0 Å². The molecular weight excluding hydrogens is 320 g/mol. The van der Waals surface area contributed by atoms with Crippen LogP contribution in [-0.2, 0) is 9.59 Å². The maximum absolute atomic E-state index is 12.8. The predicted molar refractivity (Wildman–Crippen MR) is 88.8 cm³/mol. The quantitative estimate of drug-likeness (QED) is 0.518. The number of rotatable bonds is 3. The molecule has 6 nitrogen and oxygen atoms in total. The number of hydrazone groups is 1. The van der Waals surface area contributed by atoms with Crippen molar-refractivity contribution in [2.24, 2.45) is 40.6 Å². The second-order valence-corrected chi connectivity index (χ2v) is 7.32. The summed E-state index contributed by atoms with van der Waals surface area (Å²) in [6.07, 6.45) is 6.89. The summed E-state index contributed by atoms with van der Waals surface area (Å²) >= 11 is 0. The Hall–Kier alpha value is -2.63. The van der Waals surface area contributed by atoms with Crippen LogP contribution in [0.5, 0.6) is 11.5 Å². The first-order chi connectivity index (χ1) is 12.1. The molecule has 0 radical (unpaired) electrons. The van der Waals surface area contributed by atoms with Crippen LogP contribution in [0.15, 0.2) is 35.5 Å². The van der Waals surface area contributed by atoms with Gasteiger partial charge in [-0.1, -0.05) is 12.2 Å². The highest BCUT2D eigenvalue weighted by molar-refractivity contribution is 6.06. The van der Waals surface area contributed by atoms with E-state index in [-0.39, 0.29) is 41.2 Å². The molecule has 2 bridgehead atoms. The zero-order chi connectivity index (χ0) is 17.3. The lowest BCUT2D eigenvalue weighted by molar-refractivity contribution is -0.140. The topological polar surface area (TPSA) is 79.2 Å². The van der Waals surface area contributed by atoms with E-state index in [4.69, 9.17) is 4.74 Å². The standard InChI is InChI=1S/C19H18N2O4/c1-25-15-6-9(2-5-14(15)22)8-20-21-18(23)16-10-3-4-11(13-7-12(10)13)17(16)19(21)24/h2-6,8,10-13,16-17,22H,7H2,1H3/b20-8-/t10-,11-,12-,13+,16+,17+/m1/s1. The molecule has 6 heteroatoms. The zero-order valence-electron chi connectivity index (χ0n) is 13.7. The van der Waals surface area contributed by atoms with Crippen LogP contribution < -0.4 is 4.74 Å². The number of nitrogens with zero attached hydrogens (tertiary/aromatic N) is 2. The molecule has 0 aromatic heterocycles. The van der Waals surface area contributed by atoms with E-state index in [0.717, 1.165) is 11.4 Å². The normalized spacial score (nSPS) is 37.6. The summed E-state index contributed by atoms with van der Waals surface area (Å²) in [6.45, 7) is 0. The minimum absolute atomic E-state index is 0.0286. The Morgan fingerprint density at radius 1 is 1.16 bits per heavy atom. The molecule has 2 amide bonds. The van der Waals surface area contributed by atoms with Gasteiger partial charge in [0, 0.05) is 0 Å². The van der Waals surface area contributed by atoms with Crippen LogP contribution in [0.2, 0.25) is 0 Å². The third-order valence-electron chi connectivity index (χ3n) is 6.17. The monoisotopic (exact) mass is 338 g/mol. The third-order valence-corrected chi connectivity index (χ3v) is 6.17. The average Bonchev–Trinajstić information content (AvgIpc) is 3.40. The first kappa shape index (κ1) is 14.7. The molecule has 1 N–H and O–H groups in total. The largest absolute Gasteiger partial charge is 0.504 e. The summed E-state index contributed by atoms with van der Waals surface area (Å²) < 4.78 is 5.06. The van der Waals surface area contributed by atoms with Crippen molar-refractivity contribution < 1.29 is 19.4 Å². The number of hydrogen-bond donors (Lipinski definition) is 1. The molecule has 128 valence electrons. The van der Waals surface area contributed by atoms with Crippen molar-refractivity contribution in [3.8, 4) is 11.5 Å². The fourth-order valence-electron chi connectivity index (χ4n) is 4.95. The van der Waals surface area contributed by atoms with E-state index in [2.05, 4.69) is 17.3 Å². The highest BCUT2D eigenvalue weighted by Gasteiger charge is 2.67. The van der Waals surface area contributed by atoms with Crippen LogP contribution in [0.25, 0.3) is 0 Å². The number of allylic oxidation sites excluding steroid dienone is 2. The summed E-state index contributed by atoms with van der Waals surface area (Å²) in [7, 11) is 1.46. The van der Waals surface area contributed by atoms with Crippen molar-refractivity contribution in [3.63, 3.8) is 0 Å². The van der Waals surface area contributed by atoms with Gasteiger partial charge in [0.25, 0.3) is 11.8 Å². The maximum atomic E-state index is 12.8. The summed E-state index contributed by atoms with van der Waals surface area (Å²) in [5.41, 5.74) is 0.647. The van der Waals surface area contributed by atoms with Crippen LogP contribution in [-0.4, -0.2) is 35.3 Å². The third kappa shape index (κ3) is 1.94. The molecule has 25 heavy (non-hydrogen) atoms. The smallest absolute Gasteiger partial charge is 0.254 e. The molecule has 0 spiro atoms. The number of amides is 2. The van der Waals surface area contributed by atoms with Gasteiger partial charge in [0.05, 0.1) is 25.2 Å². The Morgan fingerprint density at radius 2 is 1.80 bits per heavy atom. The van der Waals surface area contributed by atoms with Gasteiger partial charge >= 0.3 is 0 Å². The van der Waals surface area contributed by atoms with E-state index < -0.39 is 0 Å². The highest BCUT2D eigenvalue weighted by Crippen LogP contribution is 2.65. The lowest BCUT2D eigenvalue weighted by Crippen LogP contribution is -2.40. The van der Waals surface area contributed by atoms with E-state index in [9.17, 15) is 14.7 Å². The molecule has 5 aliphatic rings. The molecular formula is C19H18N2O4. The first-order valence-corrected chi connectivity index (χ1v) is 8.57. The maximum Gasteiger partial charge on any atom is 0.254 e. The SMILES string of the molecule is COc1cc(/C=N\N2C(=O)[C@H]3[C@@H]4C=C[C@H]([C@@H]5C[C@H]45)[C@@H]3C2=O)ccc1O. The Balaban J connectivity index is 1.42. The molecule has 1 heterocycles. The van der Waals surface area contributed by atoms with Gasteiger partial charge in [-0.2, -0.15) is 10.1 Å². The summed E-state index contributed by atoms with van der Waals surface area (Å²) in [6, 6.07) is 4.75. The van der Waals surface area contributed by atoms with Crippen LogP contribution in [0.4, 0.5) is 0 Å². The number of ether oxygens (including phenoxy) is 1. The minimum atomic E-state index is -0.238. The van der Waals surface area contributed by atoms with Crippen molar-refractivity contribution in [2.45, 2.75) is 6.42 Å². The molecule has 0 unspecified atom stereocenters. The average molecular weight is 338 g/mol. The van der Waals surface area contributed by atoms with Crippen molar-refractivity contribution in [2.75, 3.05) is 7.11 Å². The number of hydrogen-bond acceptors (Lipinski definition) is 5. The predicted octanol–water partition coefficient (Wildman–Crippen LogP) is 1.79. The van der Waals surface area contributed by atoms with E-state index in [1.54, 1.807) is 12.1 Å².